The van der Waals surface area contributed by atoms with Crippen LogP contribution in [0.25, 0.3) is 22.4 Å². The molecule has 0 aliphatic rings. The van der Waals surface area contributed by atoms with Crippen LogP contribution < -0.4 is 29.0 Å². The molecule has 3 aromatic carbocycles. The number of anilines is 1. The number of thiazole rings is 1. The van der Waals surface area contributed by atoms with E-state index >= 15 is 0 Å². The van der Waals surface area contributed by atoms with E-state index in [1.54, 1.807) is 33.5 Å². The molecular weight excluding hydrogens is 526 g/mol. The van der Waals surface area contributed by atoms with Crippen LogP contribution >= 0.6 is 11.3 Å². The molecule has 11 nitrogen and oxygen atoms in total. The zero-order chi connectivity index (χ0) is 27.9. The van der Waals surface area contributed by atoms with Gasteiger partial charge in [0.25, 0.3) is 11.6 Å². The summed E-state index contributed by atoms with van der Waals surface area (Å²) in [7, 11) is 6.16. The number of ether oxygens (including phenoxy) is 5. The number of hydrogen-bond donors (Lipinski definition) is 1. The van der Waals surface area contributed by atoms with Crippen LogP contribution in [-0.4, -0.2) is 50.9 Å². The fraction of sp³-hybridized carbons (Fsp3) is 0.185. The molecule has 12 heteroatoms. The monoisotopic (exact) mass is 551 g/mol. The van der Waals surface area contributed by atoms with Gasteiger partial charge < -0.3 is 23.7 Å². The van der Waals surface area contributed by atoms with Gasteiger partial charge in [-0.25, -0.2) is 4.98 Å². The van der Waals surface area contributed by atoms with Crippen molar-refractivity contribution in [3.63, 3.8) is 0 Å². The number of nitro groups is 1. The molecule has 1 heterocycles. The summed E-state index contributed by atoms with van der Waals surface area (Å²) in [5.74, 6) is 1.96. The van der Waals surface area contributed by atoms with E-state index in [-0.39, 0.29) is 12.3 Å². The number of nitrogens with zero attached hydrogens (tertiary/aromatic N) is 2. The van der Waals surface area contributed by atoms with E-state index < -0.39 is 10.8 Å². The Labute approximate surface area is 227 Å². The Morgan fingerprint density at radius 3 is 2.21 bits per heavy atom. The summed E-state index contributed by atoms with van der Waals surface area (Å²) in [6.07, 6.45) is 3.74. The van der Waals surface area contributed by atoms with Crippen molar-refractivity contribution in [2.24, 2.45) is 0 Å². The Morgan fingerprint density at radius 2 is 1.56 bits per heavy atom. The van der Waals surface area contributed by atoms with Gasteiger partial charge in [-0.05, 0) is 41.5 Å². The molecule has 4 aromatic rings. The zero-order valence-electron chi connectivity index (χ0n) is 21.5. The van der Waals surface area contributed by atoms with Gasteiger partial charge in [-0.1, -0.05) is 29.6 Å². The fourth-order valence-electron chi connectivity index (χ4n) is 3.68. The Kier molecular flexibility index (Phi) is 8.46. The first-order valence-electron chi connectivity index (χ1n) is 11.5. The van der Waals surface area contributed by atoms with Gasteiger partial charge in [0, 0.05) is 12.1 Å². The number of fused-ring (bicyclic) bond motifs is 1. The number of benzene rings is 3. The Balaban J connectivity index is 1.46. The molecule has 4 rings (SSSR count). The van der Waals surface area contributed by atoms with Crippen molar-refractivity contribution in [1.82, 2.24) is 4.98 Å². The predicted molar refractivity (Wildman–Crippen MR) is 148 cm³/mol. The SMILES string of the molecule is COc1ccc(/C=C\c2cc(OC)c(OC)c(OC)c2)cc1OCC(=O)Nc1nc2ccc([N+](=O)[O-])cc2s1. The van der Waals surface area contributed by atoms with Crippen LogP contribution in [-0.2, 0) is 4.79 Å². The quantitative estimate of drug-likeness (QED) is 0.147. The largest absolute Gasteiger partial charge is 0.493 e. The van der Waals surface area contributed by atoms with Gasteiger partial charge in [-0.3, -0.25) is 20.2 Å². The molecule has 0 unspecified atom stereocenters. The summed E-state index contributed by atoms with van der Waals surface area (Å²) in [5, 5.41) is 14.0. The van der Waals surface area contributed by atoms with Crippen molar-refractivity contribution in [3.8, 4) is 28.7 Å². The summed E-state index contributed by atoms with van der Waals surface area (Å²) in [4.78, 5) is 27.3. The van der Waals surface area contributed by atoms with Crippen molar-refractivity contribution in [2.45, 2.75) is 0 Å². The highest BCUT2D eigenvalue weighted by Gasteiger charge is 2.14. The van der Waals surface area contributed by atoms with Gasteiger partial charge >= 0.3 is 0 Å². The van der Waals surface area contributed by atoms with E-state index in [1.165, 1.54) is 25.3 Å². The molecule has 202 valence electrons. The maximum absolute atomic E-state index is 12.5. The minimum Gasteiger partial charge on any atom is -0.493 e. The molecule has 0 radical (unpaired) electrons. The second kappa shape index (κ2) is 12.1. The summed E-state index contributed by atoms with van der Waals surface area (Å²) in [6.45, 7) is -0.299. The standard InChI is InChI=1S/C27H25N3O8S/c1-34-20-10-7-16(5-6-17-12-22(35-2)26(37-4)23(13-17)36-3)11-21(20)38-15-25(31)29-27-28-19-9-8-18(30(32)33)14-24(19)39-27/h5-14H,15H2,1-4H3,(H,28,29,31)/b6-5-. The van der Waals surface area contributed by atoms with Gasteiger partial charge in [0.1, 0.15) is 0 Å². The van der Waals surface area contributed by atoms with Crippen LogP contribution in [0.15, 0.2) is 48.5 Å². The molecule has 0 saturated heterocycles. The van der Waals surface area contributed by atoms with Gasteiger partial charge in [0.2, 0.25) is 5.75 Å². The van der Waals surface area contributed by atoms with Gasteiger partial charge in [-0.15, -0.1) is 0 Å². The molecular formula is C27H25N3O8S. The topological polar surface area (TPSA) is 131 Å². The smallest absolute Gasteiger partial charge is 0.270 e. The molecule has 1 aromatic heterocycles. The van der Waals surface area contributed by atoms with E-state index in [0.29, 0.717) is 44.1 Å². The maximum atomic E-state index is 12.5. The van der Waals surface area contributed by atoms with E-state index in [4.69, 9.17) is 23.7 Å². The van der Waals surface area contributed by atoms with E-state index in [0.717, 1.165) is 22.5 Å². The number of hydrogen-bond acceptors (Lipinski definition) is 10. The molecule has 0 saturated carbocycles. The molecule has 0 aliphatic heterocycles. The van der Waals surface area contributed by atoms with Crippen LogP contribution in [0.3, 0.4) is 0 Å². The third-order valence-corrected chi connectivity index (χ3v) is 6.46. The van der Waals surface area contributed by atoms with Crippen molar-refractivity contribution in [3.05, 3.63) is 69.8 Å². The number of amides is 1. The lowest BCUT2D eigenvalue weighted by Crippen LogP contribution is -2.20. The van der Waals surface area contributed by atoms with Crippen molar-refractivity contribution in [2.75, 3.05) is 40.4 Å². The van der Waals surface area contributed by atoms with Crippen molar-refractivity contribution < 1.29 is 33.4 Å². The van der Waals surface area contributed by atoms with Gasteiger partial charge in [-0.2, -0.15) is 0 Å². The Bertz CT molecular complexity index is 1520. The fourth-order valence-corrected chi connectivity index (χ4v) is 4.59. The number of carbonyl (C=O) groups excluding carboxylic acids is 1. The minimum absolute atomic E-state index is 0.0429. The number of methoxy groups -OCH3 is 4. The molecule has 39 heavy (non-hydrogen) atoms. The third-order valence-electron chi connectivity index (χ3n) is 5.53. The lowest BCUT2D eigenvalue weighted by Gasteiger charge is -2.13. The second-order valence-electron chi connectivity index (χ2n) is 7.97. The molecule has 1 N–H and O–H groups in total. The molecule has 0 atom stereocenters. The molecule has 1 amide bonds. The number of rotatable bonds is 11. The zero-order valence-corrected chi connectivity index (χ0v) is 22.4. The maximum Gasteiger partial charge on any atom is 0.270 e. The lowest BCUT2D eigenvalue weighted by atomic mass is 10.1. The third kappa shape index (κ3) is 6.36. The normalized spacial score (nSPS) is 10.9. The van der Waals surface area contributed by atoms with Gasteiger partial charge in [0.15, 0.2) is 34.7 Å². The highest BCUT2D eigenvalue weighted by atomic mass is 32.1. The number of carbonyl (C=O) groups is 1. The lowest BCUT2D eigenvalue weighted by molar-refractivity contribution is -0.384. The number of aromatic nitrogens is 1. The number of nitrogens with one attached hydrogen (secondary N) is 1. The number of non-ortho nitro benzene ring substituents is 1. The number of nitro benzene ring substituents is 1. The highest BCUT2D eigenvalue weighted by Crippen LogP contribution is 2.39. The highest BCUT2D eigenvalue weighted by molar-refractivity contribution is 7.22. The Hall–Kier alpha value is -4.84. The van der Waals surface area contributed by atoms with Gasteiger partial charge in [0.05, 0.1) is 43.6 Å². The minimum atomic E-state index is -0.480. The summed E-state index contributed by atoms with van der Waals surface area (Å²) in [5.41, 5.74) is 2.13. The molecule has 0 bridgehead atoms. The predicted octanol–water partition coefficient (Wildman–Crippen LogP) is 5.43. The molecule has 0 aliphatic carbocycles. The van der Waals surface area contributed by atoms with Crippen LogP contribution in [0.2, 0.25) is 0 Å². The van der Waals surface area contributed by atoms with E-state index in [9.17, 15) is 14.9 Å². The Morgan fingerprint density at radius 1 is 0.897 bits per heavy atom. The summed E-state index contributed by atoms with van der Waals surface area (Å²) in [6, 6.07) is 13.3. The summed E-state index contributed by atoms with van der Waals surface area (Å²) >= 11 is 1.14. The van der Waals surface area contributed by atoms with E-state index in [2.05, 4.69) is 10.3 Å². The summed E-state index contributed by atoms with van der Waals surface area (Å²) < 4.78 is 27.9. The first kappa shape index (κ1) is 27.2. The molecule has 0 fully saturated rings. The van der Waals surface area contributed by atoms with E-state index in [1.807, 2.05) is 30.4 Å². The van der Waals surface area contributed by atoms with Crippen LogP contribution in [0.5, 0.6) is 28.7 Å². The van der Waals surface area contributed by atoms with Crippen molar-refractivity contribution >= 4 is 50.4 Å². The molecule has 0 spiro atoms. The average Bonchev–Trinajstić information content (AvgIpc) is 3.35. The van der Waals surface area contributed by atoms with Crippen molar-refractivity contribution in [1.29, 1.82) is 0 Å². The second-order valence-corrected chi connectivity index (χ2v) is 9.00. The van der Waals surface area contributed by atoms with Crippen LogP contribution in [0.4, 0.5) is 10.8 Å². The first-order valence-corrected chi connectivity index (χ1v) is 12.3. The first-order chi connectivity index (χ1) is 18.8. The van der Waals surface area contributed by atoms with Crippen LogP contribution in [0, 0.1) is 10.1 Å². The average molecular weight is 552 g/mol. The van der Waals surface area contributed by atoms with Crippen LogP contribution in [0.1, 0.15) is 11.1 Å².